The van der Waals surface area contributed by atoms with E-state index in [2.05, 4.69) is 5.32 Å². The van der Waals surface area contributed by atoms with Gasteiger partial charge in [-0.2, -0.15) is 13.2 Å². The molecule has 0 aromatic carbocycles. The maximum Gasteiger partial charge on any atom is 0.416 e. The van der Waals surface area contributed by atoms with Crippen LogP contribution in [0, 0.1) is 0 Å². The standard InChI is InChI=1S/C6H8F3NO/c7-6(8,9)5-4-1-3(11-5)2-10-4/h3-5,10H,1-2H2/t3-,4-,5+/m1/s1. The molecule has 0 unspecified atom stereocenters. The quantitative estimate of drug-likeness (QED) is 0.572. The summed E-state index contributed by atoms with van der Waals surface area (Å²) in [5.74, 6) is 0. The summed E-state index contributed by atoms with van der Waals surface area (Å²) < 4.78 is 40.9. The molecule has 2 rings (SSSR count). The van der Waals surface area contributed by atoms with Crippen molar-refractivity contribution in [2.75, 3.05) is 6.54 Å². The van der Waals surface area contributed by atoms with Crippen LogP contribution in [0.5, 0.6) is 0 Å². The Morgan fingerprint density at radius 1 is 1.36 bits per heavy atom. The van der Waals surface area contributed by atoms with Crippen LogP contribution in [0.1, 0.15) is 6.42 Å². The van der Waals surface area contributed by atoms with Gasteiger partial charge in [0.25, 0.3) is 0 Å². The van der Waals surface area contributed by atoms with Crippen LogP contribution < -0.4 is 5.32 Å². The maximum absolute atomic E-state index is 12.1. The van der Waals surface area contributed by atoms with Crippen molar-refractivity contribution in [3.63, 3.8) is 0 Å². The van der Waals surface area contributed by atoms with Crippen molar-refractivity contribution < 1.29 is 17.9 Å². The van der Waals surface area contributed by atoms with Crippen LogP contribution in [0.15, 0.2) is 0 Å². The molecular formula is C6H8F3NO. The minimum absolute atomic E-state index is 0.216. The number of morpholine rings is 1. The summed E-state index contributed by atoms with van der Waals surface area (Å²) in [4.78, 5) is 0. The second-order valence-electron chi connectivity index (χ2n) is 2.97. The van der Waals surface area contributed by atoms with Gasteiger partial charge in [0, 0.05) is 12.6 Å². The van der Waals surface area contributed by atoms with Gasteiger partial charge in [0.05, 0.1) is 6.10 Å². The molecule has 2 heterocycles. The lowest BCUT2D eigenvalue weighted by Gasteiger charge is -2.25. The lowest BCUT2D eigenvalue weighted by atomic mass is 10.1. The lowest BCUT2D eigenvalue weighted by molar-refractivity contribution is -0.225. The minimum atomic E-state index is -4.20. The second-order valence-corrected chi connectivity index (χ2v) is 2.97. The Balaban J connectivity index is 2.08. The minimum Gasteiger partial charge on any atom is -0.362 e. The van der Waals surface area contributed by atoms with E-state index in [9.17, 15) is 13.2 Å². The molecule has 0 amide bonds. The lowest BCUT2D eigenvalue weighted by Crippen LogP contribution is -2.47. The molecule has 0 aliphatic carbocycles. The summed E-state index contributed by atoms with van der Waals surface area (Å²) in [6, 6.07) is -0.500. The molecule has 64 valence electrons. The van der Waals surface area contributed by atoms with E-state index in [-0.39, 0.29) is 6.10 Å². The van der Waals surface area contributed by atoms with Crippen LogP contribution in [-0.4, -0.2) is 31.0 Å². The molecule has 0 radical (unpaired) electrons. The van der Waals surface area contributed by atoms with Crippen molar-refractivity contribution in [1.82, 2.24) is 5.32 Å². The van der Waals surface area contributed by atoms with Crippen molar-refractivity contribution in [2.45, 2.75) is 30.8 Å². The number of nitrogens with one attached hydrogen (secondary N) is 1. The summed E-state index contributed by atoms with van der Waals surface area (Å²) in [6.45, 7) is 0.567. The Labute approximate surface area is 61.7 Å². The van der Waals surface area contributed by atoms with Gasteiger partial charge in [-0.05, 0) is 6.42 Å². The predicted octanol–water partition coefficient (Wildman–Crippen LogP) is 0.678. The molecule has 1 N–H and O–H groups in total. The largest absolute Gasteiger partial charge is 0.416 e. The molecule has 0 aromatic rings. The van der Waals surface area contributed by atoms with Crippen LogP contribution in [-0.2, 0) is 4.74 Å². The van der Waals surface area contributed by atoms with Crippen LogP contribution in [0.25, 0.3) is 0 Å². The van der Waals surface area contributed by atoms with E-state index in [1.807, 2.05) is 0 Å². The SMILES string of the molecule is FC(F)(F)[C@H]1O[C@H]2CN[C@@H]1C2. The molecule has 0 saturated carbocycles. The first-order valence-corrected chi connectivity index (χ1v) is 3.53. The van der Waals surface area contributed by atoms with Gasteiger partial charge in [0.2, 0.25) is 0 Å². The molecule has 2 aliphatic rings. The summed E-state index contributed by atoms with van der Waals surface area (Å²) in [5, 5.41) is 2.77. The van der Waals surface area contributed by atoms with E-state index in [4.69, 9.17) is 4.74 Å². The number of hydrogen-bond donors (Lipinski definition) is 1. The highest BCUT2D eigenvalue weighted by Gasteiger charge is 2.54. The number of alkyl halides is 3. The topological polar surface area (TPSA) is 21.3 Å². The van der Waals surface area contributed by atoms with Crippen LogP contribution in [0.2, 0.25) is 0 Å². The number of ether oxygens (including phenoxy) is 1. The highest BCUT2D eigenvalue weighted by atomic mass is 19.4. The first-order chi connectivity index (χ1) is 5.07. The fourth-order valence-corrected chi connectivity index (χ4v) is 1.67. The van der Waals surface area contributed by atoms with Crippen LogP contribution >= 0.6 is 0 Å². The molecule has 2 fully saturated rings. The molecule has 5 heteroatoms. The Bertz CT molecular complexity index is 170. The van der Waals surface area contributed by atoms with Crippen molar-refractivity contribution in [3.05, 3.63) is 0 Å². The maximum atomic E-state index is 12.1. The van der Waals surface area contributed by atoms with Crippen LogP contribution in [0.3, 0.4) is 0 Å². The van der Waals surface area contributed by atoms with Gasteiger partial charge < -0.3 is 10.1 Å². The van der Waals surface area contributed by atoms with E-state index in [0.29, 0.717) is 13.0 Å². The Morgan fingerprint density at radius 2 is 2.09 bits per heavy atom. The van der Waals surface area contributed by atoms with E-state index in [1.165, 1.54) is 0 Å². The van der Waals surface area contributed by atoms with E-state index in [0.717, 1.165) is 0 Å². The van der Waals surface area contributed by atoms with Gasteiger partial charge in [0.15, 0.2) is 6.10 Å². The summed E-state index contributed by atoms with van der Waals surface area (Å²) in [7, 11) is 0. The molecule has 2 bridgehead atoms. The highest BCUT2D eigenvalue weighted by molar-refractivity contribution is 4.98. The zero-order chi connectivity index (χ0) is 8.06. The fourth-order valence-electron chi connectivity index (χ4n) is 1.67. The summed E-state index contributed by atoms with van der Waals surface area (Å²) in [6.07, 6.45) is -5.48. The van der Waals surface area contributed by atoms with Gasteiger partial charge in [0.1, 0.15) is 0 Å². The van der Waals surface area contributed by atoms with E-state index < -0.39 is 18.3 Å². The van der Waals surface area contributed by atoms with Gasteiger partial charge in [-0.3, -0.25) is 0 Å². The fraction of sp³-hybridized carbons (Fsp3) is 1.00. The third-order valence-electron chi connectivity index (χ3n) is 2.15. The Hall–Kier alpha value is -0.290. The van der Waals surface area contributed by atoms with Crippen molar-refractivity contribution in [2.24, 2.45) is 0 Å². The van der Waals surface area contributed by atoms with Gasteiger partial charge in [-0.1, -0.05) is 0 Å². The van der Waals surface area contributed by atoms with E-state index in [1.54, 1.807) is 0 Å². The molecule has 0 spiro atoms. The number of rotatable bonds is 0. The average molecular weight is 167 g/mol. The average Bonchev–Trinajstić information content (AvgIpc) is 2.42. The van der Waals surface area contributed by atoms with Crippen molar-refractivity contribution in [3.8, 4) is 0 Å². The third-order valence-corrected chi connectivity index (χ3v) is 2.15. The molecule has 3 atom stereocenters. The number of halogens is 3. The molecule has 2 aliphatic heterocycles. The molecule has 2 nitrogen and oxygen atoms in total. The smallest absolute Gasteiger partial charge is 0.362 e. The number of fused-ring (bicyclic) bond motifs is 2. The predicted molar refractivity (Wildman–Crippen MR) is 31.1 cm³/mol. The van der Waals surface area contributed by atoms with Crippen molar-refractivity contribution >= 4 is 0 Å². The second kappa shape index (κ2) is 2.10. The van der Waals surface area contributed by atoms with E-state index >= 15 is 0 Å². The van der Waals surface area contributed by atoms with Gasteiger partial charge in [-0.15, -0.1) is 0 Å². The molecular weight excluding hydrogens is 159 g/mol. The molecule has 11 heavy (non-hydrogen) atoms. The first-order valence-electron chi connectivity index (χ1n) is 3.53. The monoisotopic (exact) mass is 167 g/mol. The zero-order valence-electron chi connectivity index (χ0n) is 5.69. The summed E-state index contributed by atoms with van der Waals surface area (Å²) in [5.41, 5.74) is 0. The van der Waals surface area contributed by atoms with Gasteiger partial charge >= 0.3 is 6.18 Å². The molecule has 2 saturated heterocycles. The number of hydrogen-bond acceptors (Lipinski definition) is 2. The Kier molecular flexibility index (Phi) is 1.41. The van der Waals surface area contributed by atoms with Gasteiger partial charge in [-0.25, -0.2) is 0 Å². The highest BCUT2D eigenvalue weighted by Crippen LogP contribution is 2.36. The zero-order valence-corrected chi connectivity index (χ0v) is 5.69. The molecule has 0 aromatic heterocycles. The Morgan fingerprint density at radius 3 is 2.36 bits per heavy atom. The summed E-state index contributed by atoms with van der Waals surface area (Å²) >= 11 is 0. The van der Waals surface area contributed by atoms with Crippen molar-refractivity contribution in [1.29, 1.82) is 0 Å². The van der Waals surface area contributed by atoms with Crippen LogP contribution in [0.4, 0.5) is 13.2 Å². The normalized spacial score (nSPS) is 43.4. The first kappa shape index (κ1) is 7.36. The third kappa shape index (κ3) is 1.12.